The van der Waals surface area contributed by atoms with Crippen molar-refractivity contribution in [3.8, 4) is 0 Å². The van der Waals surface area contributed by atoms with E-state index in [0.29, 0.717) is 12.1 Å². The standard InChI is InChI=1S/C10H22N2/c1-8-5-6-10(11-7-8)9(2)12(3)4/h8-11H,5-7H2,1-4H3. The molecular formula is C10H22N2. The molecule has 3 unspecified atom stereocenters. The van der Waals surface area contributed by atoms with E-state index in [4.69, 9.17) is 0 Å². The van der Waals surface area contributed by atoms with Gasteiger partial charge in [0, 0.05) is 12.1 Å². The Morgan fingerprint density at radius 2 is 2.00 bits per heavy atom. The Hall–Kier alpha value is -0.0800. The van der Waals surface area contributed by atoms with Crippen molar-refractivity contribution < 1.29 is 0 Å². The van der Waals surface area contributed by atoms with E-state index in [1.54, 1.807) is 0 Å². The molecular weight excluding hydrogens is 148 g/mol. The van der Waals surface area contributed by atoms with Gasteiger partial charge >= 0.3 is 0 Å². The molecule has 1 rings (SSSR count). The summed E-state index contributed by atoms with van der Waals surface area (Å²) in [6.45, 7) is 5.82. The molecule has 3 atom stereocenters. The molecule has 0 aromatic rings. The molecule has 1 aliphatic heterocycles. The molecule has 0 aromatic heterocycles. The zero-order valence-corrected chi connectivity index (χ0v) is 8.80. The second-order valence-corrected chi connectivity index (χ2v) is 4.40. The molecule has 0 saturated carbocycles. The summed E-state index contributed by atoms with van der Waals surface area (Å²) in [6, 6.07) is 1.37. The molecule has 1 fully saturated rings. The van der Waals surface area contributed by atoms with Crippen LogP contribution in [0.25, 0.3) is 0 Å². The maximum absolute atomic E-state index is 3.61. The molecule has 0 bridgehead atoms. The molecule has 2 heteroatoms. The van der Waals surface area contributed by atoms with Crippen LogP contribution in [0, 0.1) is 5.92 Å². The topological polar surface area (TPSA) is 15.3 Å². The van der Waals surface area contributed by atoms with Crippen molar-refractivity contribution in [3.05, 3.63) is 0 Å². The monoisotopic (exact) mass is 170 g/mol. The average molecular weight is 170 g/mol. The minimum atomic E-state index is 0.664. The number of nitrogens with one attached hydrogen (secondary N) is 1. The van der Waals surface area contributed by atoms with Crippen molar-refractivity contribution in [1.29, 1.82) is 0 Å². The van der Waals surface area contributed by atoms with Gasteiger partial charge in [0.1, 0.15) is 0 Å². The van der Waals surface area contributed by atoms with E-state index in [-0.39, 0.29) is 0 Å². The van der Waals surface area contributed by atoms with Crippen LogP contribution in [0.2, 0.25) is 0 Å². The number of likely N-dealkylation sites (N-methyl/N-ethyl adjacent to an activating group) is 1. The van der Waals surface area contributed by atoms with Gasteiger partial charge in [-0.2, -0.15) is 0 Å². The Morgan fingerprint density at radius 1 is 1.33 bits per heavy atom. The first-order chi connectivity index (χ1) is 5.61. The number of hydrogen-bond acceptors (Lipinski definition) is 2. The zero-order valence-electron chi connectivity index (χ0n) is 8.80. The molecule has 72 valence electrons. The first-order valence-corrected chi connectivity index (χ1v) is 5.01. The fraction of sp³-hybridized carbons (Fsp3) is 1.00. The summed E-state index contributed by atoms with van der Waals surface area (Å²) in [4.78, 5) is 2.30. The third kappa shape index (κ3) is 2.46. The zero-order chi connectivity index (χ0) is 9.14. The first kappa shape index (κ1) is 10.0. The van der Waals surface area contributed by atoms with Gasteiger partial charge in [-0.05, 0) is 46.3 Å². The van der Waals surface area contributed by atoms with Crippen molar-refractivity contribution in [2.45, 2.75) is 38.8 Å². The van der Waals surface area contributed by atoms with Gasteiger partial charge in [0.2, 0.25) is 0 Å². The predicted molar refractivity (Wildman–Crippen MR) is 53.3 cm³/mol. The van der Waals surface area contributed by atoms with E-state index in [1.165, 1.54) is 19.4 Å². The summed E-state index contributed by atoms with van der Waals surface area (Å²) in [5.41, 5.74) is 0. The number of rotatable bonds is 2. The number of nitrogens with zero attached hydrogens (tertiary/aromatic N) is 1. The van der Waals surface area contributed by atoms with E-state index >= 15 is 0 Å². The minimum absolute atomic E-state index is 0.664. The van der Waals surface area contributed by atoms with Crippen LogP contribution in [0.1, 0.15) is 26.7 Å². The maximum atomic E-state index is 3.61. The second kappa shape index (κ2) is 4.24. The van der Waals surface area contributed by atoms with Gasteiger partial charge in [-0.25, -0.2) is 0 Å². The van der Waals surface area contributed by atoms with Crippen LogP contribution in [0.3, 0.4) is 0 Å². The largest absolute Gasteiger partial charge is 0.312 e. The van der Waals surface area contributed by atoms with E-state index in [0.717, 1.165) is 5.92 Å². The van der Waals surface area contributed by atoms with Crippen molar-refractivity contribution in [2.24, 2.45) is 5.92 Å². The quantitative estimate of drug-likeness (QED) is 0.672. The van der Waals surface area contributed by atoms with Crippen molar-refractivity contribution in [1.82, 2.24) is 10.2 Å². The molecule has 1 aliphatic rings. The van der Waals surface area contributed by atoms with Gasteiger partial charge in [0.05, 0.1) is 0 Å². The summed E-state index contributed by atoms with van der Waals surface area (Å²) in [5.74, 6) is 0.871. The van der Waals surface area contributed by atoms with Gasteiger partial charge in [-0.1, -0.05) is 6.92 Å². The summed E-state index contributed by atoms with van der Waals surface area (Å²) in [7, 11) is 4.31. The lowest BCUT2D eigenvalue weighted by Crippen LogP contribution is -2.49. The molecule has 2 nitrogen and oxygen atoms in total. The minimum Gasteiger partial charge on any atom is -0.312 e. The molecule has 1 N–H and O–H groups in total. The third-order valence-electron chi connectivity index (χ3n) is 3.10. The fourth-order valence-electron chi connectivity index (χ4n) is 1.79. The summed E-state index contributed by atoms with van der Waals surface area (Å²) < 4.78 is 0. The molecule has 1 saturated heterocycles. The Bertz CT molecular complexity index is 126. The third-order valence-corrected chi connectivity index (χ3v) is 3.10. The lowest BCUT2D eigenvalue weighted by molar-refractivity contribution is 0.199. The summed E-state index contributed by atoms with van der Waals surface area (Å²) in [6.07, 6.45) is 2.72. The lowest BCUT2D eigenvalue weighted by atomic mass is 9.92. The molecule has 1 heterocycles. The highest BCUT2D eigenvalue weighted by Gasteiger charge is 2.23. The van der Waals surface area contributed by atoms with Crippen LogP contribution in [0.15, 0.2) is 0 Å². The lowest BCUT2D eigenvalue weighted by Gasteiger charge is -2.35. The van der Waals surface area contributed by atoms with E-state index in [9.17, 15) is 0 Å². The van der Waals surface area contributed by atoms with E-state index < -0.39 is 0 Å². The Morgan fingerprint density at radius 3 is 2.42 bits per heavy atom. The van der Waals surface area contributed by atoms with Crippen LogP contribution >= 0.6 is 0 Å². The molecule has 0 spiro atoms. The maximum Gasteiger partial charge on any atom is 0.0220 e. The fourth-order valence-corrected chi connectivity index (χ4v) is 1.79. The van der Waals surface area contributed by atoms with E-state index in [2.05, 4.69) is 38.2 Å². The normalized spacial score (nSPS) is 33.8. The number of piperidine rings is 1. The molecule has 12 heavy (non-hydrogen) atoms. The van der Waals surface area contributed by atoms with Gasteiger partial charge in [0.25, 0.3) is 0 Å². The van der Waals surface area contributed by atoms with Crippen LogP contribution in [0.4, 0.5) is 0 Å². The number of hydrogen-bond donors (Lipinski definition) is 1. The van der Waals surface area contributed by atoms with Gasteiger partial charge < -0.3 is 10.2 Å². The molecule has 0 aliphatic carbocycles. The summed E-state index contributed by atoms with van der Waals surface area (Å²) >= 11 is 0. The van der Waals surface area contributed by atoms with Gasteiger partial charge in [-0.3, -0.25) is 0 Å². The SMILES string of the molecule is CC1CCC(C(C)N(C)C)NC1. The van der Waals surface area contributed by atoms with Gasteiger partial charge in [-0.15, -0.1) is 0 Å². The van der Waals surface area contributed by atoms with E-state index in [1.807, 2.05) is 0 Å². The highest BCUT2D eigenvalue weighted by Crippen LogP contribution is 2.16. The molecule has 0 aromatic carbocycles. The van der Waals surface area contributed by atoms with Gasteiger partial charge in [0.15, 0.2) is 0 Å². The van der Waals surface area contributed by atoms with Crippen molar-refractivity contribution in [3.63, 3.8) is 0 Å². The smallest absolute Gasteiger partial charge is 0.0220 e. The highest BCUT2D eigenvalue weighted by atomic mass is 15.1. The van der Waals surface area contributed by atoms with Crippen LogP contribution in [-0.4, -0.2) is 37.6 Å². The van der Waals surface area contributed by atoms with Crippen LogP contribution in [-0.2, 0) is 0 Å². The highest BCUT2D eigenvalue weighted by molar-refractivity contribution is 4.83. The second-order valence-electron chi connectivity index (χ2n) is 4.40. The molecule has 0 amide bonds. The Labute approximate surface area is 76.3 Å². The Balaban J connectivity index is 2.34. The average Bonchev–Trinajstić information content (AvgIpc) is 2.04. The van der Waals surface area contributed by atoms with Crippen molar-refractivity contribution in [2.75, 3.05) is 20.6 Å². The van der Waals surface area contributed by atoms with Crippen LogP contribution in [0.5, 0.6) is 0 Å². The van der Waals surface area contributed by atoms with Crippen molar-refractivity contribution >= 4 is 0 Å². The Kier molecular flexibility index (Phi) is 3.53. The predicted octanol–water partition coefficient (Wildman–Crippen LogP) is 1.32. The first-order valence-electron chi connectivity index (χ1n) is 5.01. The summed E-state index contributed by atoms with van der Waals surface area (Å²) in [5, 5.41) is 3.61. The van der Waals surface area contributed by atoms with Crippen LogP contribution < -0.4 is 5.32 Å². The molecule has 0 radical (unpaired) electrons.